The summed E-state index contributed by atoms with van der Waals surface area (Å²) >= 11 is 0. The van der Waals surface area contributed by atoms with Crippen molar-refractivity contribution in [3.05, 3.63) is 0 Å². The van der Waals surface area contributed by atoms with Crippen LogP contribution in [0.15, 0.2) is 0 Å². The number of hydrogen-bond donors (Lipinski definition) is 1. The lowest BCUT2D eigenvalue weighted by Gasteiger charge is -2.40. The molecule has 0 aromatic heterocycles. The highest BCUT2D eigenvalue weighted by Crippen LogP contribution is 2.41. The summed E-state index contributed by atoms with van der Waals surface area (Å²) in [6, 6.07) is 0. The topological polar surface area (TPSA) is 65.0 Å². The normalized spacial score (nSPS) is 25.2. The van der Waals surface area contributed by atoms with Crippen LogP contribution in [0.5, 0.6) is 0 Å². The average molecular weight is 258 g/mol. The van der Waals surface area contributed by atoms with E-state index in [0.29, 0.717) is 51.9 Å². The zero-order valence-corrected chi connectivity index (χ0v) is 10.9. The molecule has 5 nitrogen and oxygen atoms in total. The molecule has 0 unspecified atom stereocenters. The number of carbonyl (C=O) groups excluding carboxylic acids is 1. The van der Waals surface area contributed by atoms with E-state index in [1.54, 1.807) is 6.92 Å². The molecular formula is C13H22O5. The van der Waals surface area contributed by atoms with Crippen LogP contribution >= 0.6 is 0 Å². The minimum Gasteiger partial charge on any atom is -0.466 e. The van der Waals surface area contributed by atoms with E-state index in [9.17, 15) is 9.90 Å². The van der Waals surface area contributed by atoms with E-state index in [-0.39, 0.29) is 12.4 Å². The maximum Gasteiger partial charge on any atom is 0.305 e. The fraction of sp³-hybridized carbons (Fsp3) is 0.923. The van der Waals surface area contributed by atoms with Crippen molar-refractivity contribution >= 4 is 5.97 Å². The summed E-state index contributed by atoms with van der Waals surface area (Å²) < 4.78 is 16.1. The van der Waals surface area contributed by atoms with Crippen LogP contribution in [0.4, 0.5) is 0 Å². The van der Waals surface area contributed by atoms with Gasteiger partial charge >= 0.3 is 5.97 Å². The Morgan fingerprint density at radius 2 is 1.83 bits per heavy atom. The molecule has 0 radical (unpaired) electrons. The van der Waals surface area contributed by atoms with Crippen molar-refractivity contribution in [1.82, 2.24) is 0 Å². The van der Waals surface area contributed by atoms with Gasteiger partial charge in [-0.15, -0.1) is 0 Å². The Hall–Kier alpha value is -0.650. The molecule has 2 aliphatic rings. The van der Waals surface area contributed by atoms with E-state index in [2.05, 4.69) is 0 Å². The molecule has 1 saturated heterocycles. The van der Waals surface area contributed by atoms with Gasteiger partial charge in [0.25, 0.3) is 0 Å². The molecule has 5 heteroatoms. The Bertz CT molecular complexity index is 286. The van der Waals surface area contributed by atoms with E-state index >= 15 is 0 Å². The molecule has 2 fully saturated rings. The van der Waals surface area contributed by atoms with Crippen molar-refractivity contribution in [2.75, 3.05) is 19.8 Å². The molecular weight excluding hydrogens is 236 g/mol. The molecule has 0 amide bonds. The molecule has 1 N–H and O–H groups in total. The monoisotopic (exact) mass is 258 g/mol. The largest absolute Gasteiger partial charge is 0.466 e. The van der Waals surface area contributed by atoms with Crippen LogP contribution in [-0.2, 0) is 19.0 Å². The van der Waals surface area contributed by atoms with E-state index in [1.165, 1.54) is 0 Å². The smallest absolute Gasteiger partial charge is 0.305 e. The molecule has 1 saturated carbocycles. The van der Waals surface area contributed by atoms with E-state index in [4.69, 9.17) is 14.2 Å². The second-order valence-electron chi connectivity index (χ2n) is 5.14. The SMILES string of the molecule is CCOC(=O)CCC1(O)CCC2(CC1)OCCO2. The number of aliphatic hydroxyl groups is 1. The second kappa shape index (κ2) is 5.55. The van der Waals surface area contributed by atoms with Crippen molar-refractivity contribution in [1.29, 1.82) is 0 Å². The van der Waals surface area contributed by atoms with Gasteiger partial charge in [0.05, 0.1) is 25.4 Å². The van der Waals surface area contributed by atoms with E-state index in [0.717, 1.165) is 0 Å². The highest BCUT2D eigenvalue weighted by molar-refractivity contribution is 5.69. The van der Waals surface area contributed by atoms with E-state index < -0.39 is 11.4 Å². The fourth-order valence-corrected chi connectivity index (χ4v) is 2.70. The van der Waals surface area contributed by atoms with Gasteiger partial charge in [0.1, 0.15) is 0 Å². The van der Waals surface area contributed by atoms with Gasteiger partial charge in [-0.25, -0.2) is 0 Å². The third-order valence-corrected chi connectivity index (χ3v) is 3.86. The number of ether oxygens (including phenoxy) is 3. The molecule has 1 spiro atoms. The molecule has 0 atom stereocenters. The highest BCUT2D eigenvalue weighted by atomic mass is 16.7. The zero-order valence-electron chi connectivity index (χ0n) is 10.9. The Kier molecular flexibility index (Phi) is 4.25. The van der Waals surface area contributed by atoms with Crippen LogP contribution < -0.4 is 0 Å². The molecule has 1 aliphatic carbocycles. The number of esters is 1. The first-order valence-corrected chi connectivity index (χ1v) is 6.73. The first kappa shape index (κ1) is 13.8. The third-order valence-electron chi connectivity index (χ3n) is 3.86. The van der Waals surface area contributed by atoms with Crippen molar-refractivity contribution in [2.45, 2.75) is 56.8 Å². The first-order valence-electron chi connectivity index (χ1n) is 6.73. The minimum absolute atomic E-state index is 0.237. The van der Waals surface area contributed by atoms with Crippen LogP contribution in [0.1, 0.15) is 45.4 Å². The summed E-state index contributed by atoms with van der Waals surface area (Å²) in [5.74, 6) is -0.699. The summed E-state index contributed by atoms with van der Waals surface area (Å²) in [5.41, 5.74) is -0.771. The maximum atomic E-state index is 11.3. The lowest BCUT2D eigenvalue weighted by Crippen LogP contribution is -2.43. The maximum absolute atomic E-state index is 11.3. The van der Waals surface area contributed by atoms with Gasteiger partial charge in [-0.2, -0.15) is 0 Å². The summed E-state index contributed by atoms with van der Waals surface area (Å²) in [4.78, 5) is 11.3. The average Bonchev–Trinajstić information content (AvgIpc) is 2.81. The predicted molar refractivity (Wildman–Crippen MR) is 63.9 cm³/mol. The van der Waals surface area contributed by atoms with Crippen molar-refractivity contribution in [2.24, 2.45) is 0 Å². The molecule has 1 aliphatic heterocycles. The Morgan fingerprint density at radius 1 is 1.22 bits per heavy atom. The van der Waals surface area contributed by atoms with Crippen LogP contribution in [0.3, 0.4) is 0 Å². The van der Waals surface area contributed by atoms with Crippen molar-refractivity contribution in [3.63, 3.8) is 0 Å². The Morgan fingerprint density at radius 3 is 2.39 bits per heavy atom. The number of hydrogen-bond acceptors (Lipinski definition) is 5. The van der Waals surface area contributed by atoms with Gasteiger partial charge in [-0.1, -0.05) is 0 Å². The lowest BCUT2D eigenvalue weighted by molar-refractivity contribution is -0.203. The Labute approximate surface area is 107 Å². The van der Waals surface area contributed by atoms with Gasteiger partial charge in [-0.3, -0.25) is 4.79 Å². The molecule has 2 rings (SSSR count). The van der Waals surface area contributed by atoms with Crippen LogP contribution in [0.2, 0.25) is 0 Å². The summed E-state index contributed by atoms with van der Waals surface area (Å²) in [5, 5.41) is 10.4. The third kappa shape index (κ3) is 3.22. The van der Waals surface area contributed by atoms with Gasteiger partial charge < -0.3 is 19.3 Å². The summed E-state index contributed by atoms with van der Waals surface area (Å²) in [6.45, 7) is 3.45. The van der Waals surface area contributed by atoms with Gasteiger partial charge in [0, 0.05) is 19.3 Å². The van der Waals surface area contributed by atoms with Crippen molar-refractivity contribution < 1.29 is 24.1 Å². The molecule has 104 valence electrons. The molecule has 18 heavy (non-hydrogen) atoms. The predicted octanol–water partition coefficient (Wildman–Crippen LogP) is 1.38. The quantitative estimate of drug-likeness (QED) is 0.772. The van der Waals surface area contributed by atoms with Gasteiger partial charge in [0.2, 0.25) is 0 Å². The van der Waals surface area contributed by atoms with Gasteiger partial charge in [-0.05, 0) is 26.2 Å². The van der Waals surface area contributed by atoms with Crippen LogP contribution in [0, 0.1) is 0 Å². The van der Waals surface area contributed by atoms with E-state index in [1.807, 2.05) is 0 Å². The van der Waals surface area contributed by atoms with Crippen molar-refractivity contribution in [3.8, 4) is 0 Å². The van der Waals surface area contributed by atoms with Crippen LogP contribution in [0.25, 0.3) is 0 Å². The standard InChI is InChI=1S/C13H22O5/c1-2-16-11(14)3-4-12(15)5-7-13(8-6-12)17-9-10-18-13/h15H,2-10H2,1H3. The van der Waals surface area contributed by atoms with Crippen LogP contribution in [-0.4, -0.2) is 42.3 Å². The number of rotatable bonds is 4. The fourth-order valence-electron chi connectivity index (χ4n) is 2.70. The minimum atomic E-state index is -0.771. The molecule has 0 aromatic rings. The summed E-state index contributed by atoms with van der Waals surface area (Å²) in [7, 11) is 0. The highest BCUT2D eigenvalue weighted by Gasteiger charge is 2.45. The first-order chi connectivity index (χ1) is 8.58. The molecule has 0 aromatic carbocycles. The second-order valence-corrected chi connectivity index (χ2v) is 5.14. The zero-order chi connectivity index (χ0) is 13.1. The number of carbonyl (C=O) groups is 1. The molecule has 1 heterocycles. The lowest BCUT2D eigenvalue weighted by atomic mass is 9.79. The summed E-state index contributed by atoms with van der Waals surface area (Å²) in [6.07, 6.45) is 3.37. The Balaban J connectivity index is 1.78. The van der Waals surface area contributed by atoms with Gasteiger partial charge in [0.15, 0.2) is 5.79 Å². The molecule has 0 bridgehead atoms.